The first kappa shape index (κ1) is 16.9. The number of carbonyl (C=O) groups excluding carboxylic acids is 2. The number of amides is 3. The SMILES string of the molecule is Cc1cccc(NC(=O)N2CCN(C(=O)c3ccnc(F)c3)CC2)c1. The van der Waals surface area contributed by atoms with Gasteiger partial charge in [-0.05, 0) is 30.7 Å². The summed E-state index contributed by atoms with van der Waals surface area (Å²) in [7, 11) is 0. The van der Waals surface area contributed by atoms with Crippen LogP contribution in [-0.2, 0) is 0 Å². The van der Waals surface area contributed by atoms with Gasteiger partial charge in [0.1, 0.15) is 0 Å². The van der Waals surface area contributed by atoms with E-state index in [0.29, 0.717) is 26.2 Å². The lowest BCUT2D eigenvalue weighted by atomic mass is 10.2. The number of nitrogens with zero attached hydrogens (tertiary/aromatic N) is 3. The molecular weight excluding hydrogens is 323 g/mol. The first-order valence-corrected chi connectivity index (χ1v) is 8.06. The number of aryl methyl sites for hydroxylation is 1. The predicted molar refractivity (Wildman–Crippen MR) is 91.9 cm³/mol. The minimum absolute atomic E-state index is 0.187. The number of hydrogen-bond donors (Lipinski definition) is 1. The van der Waals surface area contributed by atoms with Gasteiger partial charge in [0.25, 0.3) is 5.91 Å². The molecule has 2 aromatic rings. The van der Waals surface area contributed by atoms with Crippen LogP contribution in [0.4, 0.5) is 14.9 Å². The number of aromatic nitrogens is 1. The van der Waals surface area contributed by atoms with Crippen molar-refractivity contribution < 1.29 is 14.0 Å². The van der Waals surface area contributed by atoms with Crippen molar-refractivity contribution in [1.82, 2.24) is 14.8 Å². The fourth-order valence-electron chi connectivity index (χ4n) is 2.76. The topological polar surface area (TPSA) is 65.5 Å². The van der Waals surface area contributed by atoms with Crippen molar-refractivity contribution in [3.05, 3.63) is 59.7 Å². The fourth-order valence-corrected chi connectivity index (χ4v) is 2.76. The van der Waals surface area contributed by atoms with E-state index in [2.05, 4.69) is 10.3 Å². The maximum Gasteiger partial charge on any atom is 0.321 e. The molecule has 130 valence electrons. The number of urea groups is 1. The van der Waals surface area contributed by atoms with Crippen molar-refractivity contribution in [2.75, 3.05) is 31.5 Å². The lowest BCUT2D eigenvalue weighted by molar-refractivity contribution is 0.0671. The predicted octanol–water partition coefficient (Wildman–Crippen LogP) is 2.52. The summed E-state index contributed by atoms with van der Waals surface area (Å²) in [6, 6.07) is 10.0. The standard InChI is InChI=1S/C18H19FN4O2/c1-13-3-2-4-15(11-13)21-18(25)23-9-7-22(8-10-23)17(24)14-5-6-20-16(19)12-14/h2-6,11-12H,7-10H2,1H3,(H,21,25). The molecule has 0 atom stereocenters. The molecule has 0 spiro atoms. The monoisotopic (exact) mass is 342 g/mol. The van der Waals surface area contributed by atoms with Crippen LogP contribution in [0.15, 0.2) is 42.6 Å². The number of pyridine rings is 1. The van der Waals surface area contributed by atoms with Crippen LogP contribution in [-0.4, -0.2) is 52.9 Å². The first-order chi connectivity index (χ1) is 12.0. The summed E-state index contributed by atoms with van der Waals surface area (Å²) in [5.74, 6) is -0.929. The molecule has 0 saturated carbocycles. The molecule has 0 radical (unpaired) electrons. The summed E-state index contributed by atoms with van der Waals surface area (Å²) in [6.07, 6.45) is 1.27. The molecule has 1 aliphatic heterocycles. The van der Waals surface area contributed by atoms with Crippen LogP contribution in [0.3, 0.4) is 0 Å². The smallest absolute Gasteiger partial charge is 0.321 e. The van der Waals surface area contributed by atoms with E-state index in [4.69, 9.17) is 0 Å². The van der Waals surface area contributed by atoms with Gasteiger partial charge in [-0.3, -0.25) is 4.79 Å². The zero-order chi connectivity index (χ0) is 17.8. The second kappa shape index (κ2) is 7.29. The Balaban J connectivity index is 1.56. The number of carbonyl (C=O) groups is 2. The van der Waals surface area contributed by atoms with Gasteiger partial charge in [0.2, 0.25) is 5.95 Å². The molecule has 1 aromatic carbocycles. The van der Waals surface area contributed by atoms with Crippen molar-refractivity contribution in [3.8, 4) is 0 Å². The zero-order valence-electron chi connectivity index (χ0n) is 13.9. The molecule has 1 fully saturated rings. The highest BCUT2D eigenvalue weighted by atomic mass is 19.1. The van der Waals surface area contributed by atoms with Gasteiger partial charge in [-0.2, -0.15) is 4.39 Å². The van der Waals surface area contributed by atoms with Gasteiger partial charge in [-0.15, -0.1) is 0 Å². The molecule has 3 rings (SSSR count). The molecule has 1 aromatic heterocycles. The van der Waals surface area contributed by atoms with E-state index in [0.717, 1.165) is 17.3 Å². The van der Waals surface area contributed by atoms with Crippen molar-refractivity contribution in [2.45, 2.75) is 6.92 Å². The van der Waals surface area contributed by atoms with E-state index in [-0.39, 0.29) is 17.5 Å². The Bertz CT molecular complexity index is 788. The van der Waals surface area contributed by atoms with Gasteiger partial charge >= 0.3 is 6.03 Å². The molecule has 25 heavy (non-hydrogen) atoms. The third-order valence-electron chi connectivity index (χ3n) is 4.10. The van der Waals surface area contributed by atoms with Crippen LogP contribution in [0, 0.1) is 12.9 Å². The quantitative estimate of drug-likeness (QED) is 0.853. The molecule has 1 N–H and O–H groups in total. The minimum atomic E-state index is -0.679. The van der Waals surface area contributed by atoms with Gasteiger partial charge in [0.15, 0.2) is 0 Å². The number of hydrogen-bond acceptors (Lipinski definition) is 3. The Labute approximate surface area is 145 Å². The van der Waals surface area contributed by atoms with E-state index in [9.17, 15) is 14.0 Å². The highest BCUT2D eigenvalue weighted by molar-refractivity contribution is 5.94. The van der Waals surface area contributed by atoms with Gasteiger partial charge in [0, 0.05) is 49.7 Å². The van der Waals surface area contributed by atoms with Gasteiger partial charge in [-0.1, -0.05) is 12.1 Å². The number of rotatable bonds is 2. The lowest BCUT2D eigenvalue weighted by Gasteiger charge is -2.34. The largest absolute Gasteiger partial charge is 0.335 e. The number of piperazine rings is 1. The van der Waals surface area contributed by atoms with E-state index in [1.807, 2.05) is 31.2 Å². The normalized spacial score (nSPS) is 14.3. The molecule has 7 heteroatoms. The Morgan fingerprint density at radius 2 is 1.80 bits per heavy atom. The Kier molecular flexibility index (Phi) is 4.92. The van der Waals surface area contributed by atoms with Crippen molar-refractivity contribution in [3.63, 3.8) is 0 Å². The van der Waals surface area contributed by atoms with Crippen molar-refractivity contribution in [1.29, 1.82) is 0 Å². The highest BCUT2D eigenvalue weighted by Crippen LogP contribution is 2.13. The second-order valence-corrected chi connectivity index (χ2v) is 5.95. The molecule has 0 bridgehead atoms. The van der Waals surface area contributed by atoms with Crippen LogP contribution in [0.5, 0.6) is 0 Å². The van der Waals surface area contributed by atoms with Crippen LogP contribution >= 0.6 is 0 Å². The van der Waals surface area contributed by atoms with Gasteiger partial charge in [0.05, 0.1) is 0 Å². The first-order valence-electron chi connectivity index (χ1n) is 8.06. The van der Waals surface area contributed by atoms with Crippen molar-refractivity contribution >= 4 is 17.6 Å². The van der Waals surface area contributed by atoms with E-state index in [1.54, 1.807) is 9.80 Å². The van der Waals surface area contributed by atoms with E-state index >= 15 is 0 Å². The second-order valence-electron chi connectivity index (χ2n) is 5.95. The van der Waals surface area contributed by atoms with Crippen LogP contribution in [0.2, 0.25) is 0 Å². The van der Waals surface area contributed by atoms with E-state index < -0.39 is 5.95 Å². The van der Waals surface area contributed by atoms with Crippen molar-refractivity contribution in [2.24, 2.45) is 0 Å². The highest BCUT2D eigenvalue weighted by Gasteiger charge is 2.25. The lowest BCUT2D eigenvalue weighted by Crippen LogP contribution is -2.51. The zero-order valence-corrected chi connectivity index (χ0v) is 13.9. The van der Waals surface area contributed by atoms with Gasteiger partial charge in [-0.25, -0.2) is 9.78 Å². The molecule has 0 unspecified atom stereocenters. The van der Waals surface area contributed by atoms with Crippen LogP contribution < -0.4 is 5.32 Å². The third kappa shape index (κ3) is 4.12. The maximum atomic E-state index is 13.2. The number of halogens is 1. The maximum absolute atomic E-state index is 13.2. The summed E-state index contributed by atoms with van der Waals surface area (Å²) in [5, 5.41) is 2.86. The van der Waals surface area contributed by atoms with Gasteiger partial charge < -0.3 is 15.1 Å². The molecule has 2 heterocycles. The number of anilines is 1. The Morgan fingerprint density at radius 3 is 2.48 bits per heavy atom. The summed E-state index contributed by atoms with van der Waals surface area (Å²) < 4.78 is 13.2. The summed E-state index contributed by atoms with van der Waals surface area (Å²) >= 11 is 0. The fraction of sp³-hybridized carbons (Fsp3) is 0.278. The Hall–Kier alpha value is -2.96. The Morgan fingerprint density at radius 1 is 1.08 bits per heavy atom. The molecule has 1 saturated heterocycles. The number of benzene rings is 1. The van der Waals surface area contributed by atoms with Crippen LogP contribution in [0.25, 0.3) is 0 Å². The van der Waals surface area contributed by atoms with Crippen LogP contribution in [0.1, 0.15) is 15.9 Å². The molecule has 0 aliphatic carbocycles. The summed E-state index contributed by atoms with van der Waals surface area (Å²) in [4.78, 5) is 31.4. The van der Waals surface area contributed by atoms with E-state index in [1.165, 1.54) is 12.3 Å². The minimum Gasteiger partial charge on any atom is -0.335 e. The average molecular weight is 342 g/mol. The summed E-state index contributed by atoms with van der Waals surface area (Å²) in [5.41, 5.74) is 2.08. The average Bonchev–Trinajstić information content (AvgIpc) is 2.61. The molecule has 1 aliphatic rings. The molecule has 6 nitrogen and oxygen atoms in total. The third-order valence-corrected chi connectivity index (χ3v) is 4.10. The molecule has 3 amide bonds. The summed E-state index contributed by atoms with van der Waals surface area (Å²) in [6.45, 7) is 3.63. The molecular formula is C18H19FN4O2. The number of nitrogens with one attached hydrogen (secondary N) is 1.